The van der Waals surface area contributed by atoms with Gasteiger partial charge >= 0.3 is 0 Å². The van der Waals surface area contributed by atoms with Crippen molar-refractivity contribution in [3.8, 4) is 5.75 Å². The summed E-state index contributed by atoms with van der Waals surface area (Å²) in [6.45, 7) is 3.16. The fraction of sp³-hybridized carbons (Fsp3) is 0.375. The van der Waals surface area contributed by atoms with Crippen LogP contribution in [0.3, 0.4) is 0 Å². The van der Waals surface area contributed by atoms with Gasteiger partial charge in [-0.25, -0.2) is 8.42 Å². The van der Waals surface area contributed by atoms with Gasteiger partial charge in [-0.2, -0.15) is 0 Å². The first-order valence-electron chi connectivity index (χ1n) is 14.4. The van der Waals surface area contributed by atoms with Crippen LogP contribution in [-0.4, -0.2) is 50.4 Å². The molecule has 0 aliphatic heterocycles. The van der Waals surface area contributed by atoms with Crippen molar-refractivity contribution < 1.29 is 22.7 Å². The molecule has 0 spiro atoms. The smallest absolute Gasteiger partial charge is 0.264 e. The van der Waals surface area contributed by atoms with Crippen LogP contribution in [0.25, 0.3) is 0 Å². The van der Waals surface area contributed by atoms with Crippen molar-refractivity contribution in [3.05, 3.63) is 88.4 Å². The molecule has 11 heteroatoms. The van der Waals surface area contributed by atoms with Crippen molar-refractivity contribution in [2.24, 2.45) is 0 Å². The van der Waals surface area contributed by atoms with E-state index in [4.69, 9.17) is 27.9 Å². The van der Waals surface area contributed by atoms with Crippen LogP contribution in [0.4, 0.5) is 5.69 Å². The second-order valence-electron chi connectivity index (χ2n) is 10.5. The average molecular weight is 647 g/mol. The molecule has 2 amide bonds. The van der Waals surface area contributed by atoms with Gasteiger partial charge in [-0.05, 0) is 74.7 Å². The van der Waals surface area contributed by atoms with Gasteiger partial charge in [0.25, 0.3) is 10.0 Å². The van der Waals surface area contributed by atoms with E-state index in [1.54, 1.807) is 62.4 Å². The summed E-state index contributed by atoms with van der Waals surface area (Å²) in [5, 5.41) is 3.91. The Morgan fingerprint density at radius 1 is 0.953 bits per heavy atom. The number of nitrogens with one attached hydrogen (secondary N) is 1. The van der Waals surface area contributed by atoms with Gasteiger partial charge in [-0.15, -0.1) is 0 Å². The Hall–Kier alpha value is -3.27. The van der Waals surface area contributed by atoms with Crippen molar-refractivity contribution in [2.75, 3.05) is 17.5 Å². The zero-order valence-electron chi connectivity index (χ0n) is 24.3. The van der Waals surface area contributed by atoms with E-state index >= 15 is 0 Å². The van der Waals surface area contributed by atoms with Gasteiger partial charge in [0.15, 0.2) is 0 Å². The third-order valence-corrected chi connectivity index (χ3v) is 9.93. The molecule has 0 saturated heterocycles. The first kappa shape index (κ1) is 32.6. The highest BCUT2D eigenvalue weighted by Crippen LogP contribution is 2.33. The molecular weight excluding hydrogens is 609 g/mol. The van der Waals surface area contributed by atoms with Crippen LogP contribution in [0.5, 0.6) is 5.75 Å². The molecule has 43 heavy (non-hydrogen) atoms. The van der Waals surface area contributed by atoms with Crippen LogP contribution >= 0.6 is 23.2 Å². The highest BCUT2D eigenvalue weighted by Gasteiger charge is 2.34. The maximum Gasteiger partial charge on any atom is 0.264 e. The Morgan fingerprint density at radius 2 is 1.60 bits per heavy atom. The molecule has 3 aromatic rings. The van der Waals surface area contributed by atoms with Gasteiger partial charge in [-0.1, -0.05) is 72.8 Å². The second-order valence-corrected chi connectivity index (χ2v) is 13.2. The van der Waals surface area contributed by atoms with Gasteiger partial charge in [-0.3, -0.25) is 13.9 Å². The molecule has 1 N–H and O–H groups in total. The molecule has 1 fully saturated rings. The highest BCUT2D eigenvalue weighted by atomic mass is 35.5. The lowest BCUT2D eigenvalue weighted by molar-refractivity contribution is -0.139. The predicted molar refractivity (Wildman–Crippen MR) is 170 cm³/mol. The fourth-order valence-corrected chi connectivity index (χ4v) is 6.90. The van der Waals surface area contributed by atoms with E-state index in [9.17, 15) is 18.0 Å². The molecule has 0 radical (unpaired) electrons. The molecule has 8 nitrogen and oxygen atoms in total. The first-order chi connectivity index (χ1) is 20.6. The molecule has 1 atom stereocenters. The summed E-state index contributed by atoms with van der Waals surface area (Å²) in [6.07, 6.45) is 4.99. The molecular formula is C32H37Cl2N3O5S. The molecule has 0 unspecified atom stereocenters. The molecule has 1 aliphatic rings. The number of carbonyl (C=O) groups excluding carboxylic acids is 2. The maximum atomic E-state index is 14.2. The number of sulfonamides is 1. The third kappa shape index (κ3) is 8.22. The van der Waals surface area contributed by atoms with E-state index in [0.29, 0.717) is 21.4 Å². The van der Waals surface area contributed by atoms with E-state index in [2.05, 4.69) is 5.32 Å². The Labute approximate surface area is 264 Å². The largest absolute Gasteiger partial charge is 0.492 e. The fourth-order valence-electron chi connectivity index (χ4n) is 5.15. The summed E-state index contributed by atoms with van der Waals surface area (Å²) in [7, 11) is -4.27. The van der Waals surface area contributed by atoms with Crippen LogP contribution in [0.15, 0.2) is 77.7 Å². The molecule has 1 saturated carbocycles. The maximum absolute atomic E-state index is 14.2. The van der Waals surface area contributed by atoms with E-state index in [1.165, 1.54) is 29.2 Å². The zero-order valence-corrected chi connectivity index (χ0v) is 26.7. The second kappa shape index (κ2) is 14.9. The van der Waals surface area contributed by atoms with Crippen molar-refractivity contribution in [2.45, 2.75) is 69.5 Å². The number of para-hydroxylation sites is 2. The molecule has 0 bridgehead atoms. The van der Waals surface area contributed by atoms with Crippen molar-refractivity contribution in [1.29, 1.82) is 0 Å². The number of anilines is 1. The average Bonchev–Trinajstić information content (AvgIpc) is 3.00. The van der Waals surface area contributed by atoms with Crippen LogP contribution in [0.1, 0.15) is 51.5 Å². The summed E-state index contributed by atoms with van der Waals surface area (Å²) in [5.74, 6) is -0.569. The number of halogens is 2. The van der Waals surface area contributed by atoms with Gasteiger partial charge in [0, 0.05) is 22.6 Å². The summed E-state index contributed by atoms with van der Waals surface area (Å²) in [6, 6.07) is 18.6. The van der Waals surface area contributed by atoms with Gasteiger partial charge < -0.3 is 15.0 Å². The minimum Gasteiger partial charge on any atom is -0.492 e. The van der Waals surface area contributed by atoms with Crippen LogP contribution < -0.4 is 14.4 Å². The van der Waals surface area contributed by atoms with Crippen LogP contribution in [-0.2, 0) is 26.2 Å². The van der Waals surface area contributed by atoms with Gasteiger partial charge in [0.2, 0.25) is 11.8 Å². The third-order valence-electron chi connectivity index (χ3n) is 7.53. The normalized spacial score (nSPS) is 14.5. The minimum atomic E-state index is -4.27. The van der Waals surface area contributed by atoms with Crippen LogP contribution in [0.2, 0.25) is 10.0 Å². The number of benzene rings is 3. The van der Waals surface area contributed by atoms with E-state index < -0.39 is 28.5 Å². The minimum absolute atomic E-state index is 0.0136. The number of amides is 2. The lowest BCUT2D eigenvalue weighted by Crippen LogP contribution is -2.53. The Morgan fingerprint density at radius 3 is 2.28 bits per heavy atom. The predicted octanol–water partition coefficient (Wildman–Crippen LogP) is 6.45. The standard InChI is InChI=1S/C32H37Cl2N3O5S/c1-3-42-30-16-10-9-15-29(30)37(43(40,41)27-19-17-25(33)18-20-27)22-31(38)36(21-24-11-7-8-14-28(24)34)23(2)32(39)35-26-12-5-4-6-13-26/h7-11,14-20,23,26H,3-6,12-13,21-22H2,1-2H3,(H,35,39)/t23-/m0/s1. The molecule has 3 aromatic carbocycles. The number of hydrogen-bond acceptors (Lipinski definition) is 5. The summed E-state index contributed by atoms with van der Waals surface area (Å²) >= 11 is 12.5. The highest BCUT2D eigenvalue weighted by molar-refractivity contribution is 7.92. The molecule has 1 aliphatic carbocycles. The molecule has 0 heterocycles. The van der Waals surface area contributed by atoms with Crippen molar-refractivity contribution in [1.82, 2.24) is 10.2 Å². The SMILES string of the molecule is CCOc1ccccc1N(CC(=O)N(Cc1ccccc1Cl)[C@@H](C)C(=O)NC1CCCCC1)S(=O)(=O)c1ccc(Cl)cc1. The molecule has 0 aromatic heterocycles. The lowest BCUT2D eigenvalue weighted by atomic mass is 9.95. The topological polar surface area (TPSA) is 96.0 Å². The van der Waals surface area contributed by atoms with E-state index in [0.717, 1.165) is 36.4 Å². The number of hydrogen-bond donors (Lipinski definition) is 1. The Bertz CT molecular complexity index is 1510. The zero-order chi connectivity index (χ0) is 31.0. The monoisotopic (exact) mass is 645 g/mol. The Kier molecular flexibility index (Phi) is 11.3. The lowest BCUT2D eigenvalue weighted by Gasteiger charge is -2.33. The number of nitrogens with zero attached hydrogens (tertiary/aromatic N) is 2. The molecule has 4 rings (SSSR count). The van der Waals surface area contributed by atoms with Crippen molar-refractivity contribution in [3.63, 3.8) is 0 Å². The molecule has 230 valence electrons. The van der Waals surface area contributed by atoms with Crippen molar-refractivity contribution >= 4 is 50.7 Å². The van der Waals surface area contributed by atoms with E-state index in [-0.39, 0.29) is 35.7 Å². The quantitative estimate of drug-likeness (QED) is 0.244. The number of carbonyl (C=O) groups is 2. The van der Waals surface area contributed by atoms with Gasteiger partial charge in [0.1, 0.15) is 18.3 Å². The number of ether oxygens (including phenoxy) is 1. The first-order valence-corrected chi connectivity index (χ1v) is 16.6. The van der Waals surface area contributed by atoms with Gasteiger partial charge in [0.05, 0.1) is 17.2 Å². The van der Waals surface area contributed by atoms with Crippen LogP contribution in [0, 0.1) is 0 Å². The summed E-state index contributed by atoms with van der Waals surface area (Å²) in [4.78, 5) is 29.0. The summed E-state index contributed by atoms with van der Waals surface area (Å²) in [5.41, 5.74) is 0.835. The number of rotatable bonds is 12. The van der Waals surface area contributed by atoms with E-state index in [1.807, 2.05) is 0 Å². The summed E-state index contributed by atoms with van der Waals surface area (Å²) < 4.78 is 35.0. The Balaban J connectivity index is 1.72.